The molecule has 3 aromatic rings. The highest BCUT2D eigenvalue weighted by Crippen LogP contribution is 2.38. The maximum Gasteiger partial charge on any atom is 0.226 e. The Balaban J connectivity index is 1.47. The fourth-order valence-electron chi connectivity index (χ4n) is 4.84. The van der Waals surface area contributed by atoms with Crippen molar-refractivity contribution in [1.82, 2.24) is 15.2 Å². The first-order valence-electron chi connectivity index (χ1n) is 11.6. The van der Waals surface area contributed by atoms with Crippen LogP contribution < -0.4 is 5.32 Å². The van der Waals surface area contributed by atoms with E-state index in [2.05, 4.69) is 34.6 Å². The van der Waals surface area contributed by atoms with Gasteiger partial charge in [-0.25, -0.2) is 0 Å². The number of carbonyl (C=O) groups excluding carboxylic acids is 2. The van der Waals surface area contributed by atoms with E-state index in [0.717, 1.165) is 23.1 Å². The first kappa shape index (κ1) is 22.7. The van der Waals surface area contributed by atoms with Crippen LogP contribution in [0.4, 0.5) is 0 Å². The van der Waals surface area contributed by atoms with Gasteiger partial charge in [-0.15, -0.1) is 0 Å². The van der Waals surface area contributed by atoms with Gasteiger partial charge in [0.25, 0.3) is 0 Å². The fourth-order valence-corrected chi connectivity index (χ4v) is 4.84. The largest absolute Gasteiger partial charge is 0.359 e. The lowest BCUT2D eigenvalue weighted by Crippen LogP contribution is -2.50. The van der Waals surface area contributed by atoms with Crippen LogP contribution in [0.2, 0.25) is 0 Å². The summed E-state index contributed by atoms with van der Waals surface area (Å²) < 4.78 is 0. The van der Waals surface area contributed by atoms with Crippen LogP contribution in [-0.2, 0) is 22.4 Å². The van der Waals surface area contributed by atoms with Crippen LogP contribution in [0.5, 0.6) is 0 Å². The van der Waals surface area contributed by atoms with Crippen molar-refractivity contribution in [1.29, 1.82) is 0 Å². The van der Waals surface area contributed by atoms with Crippen molar-refractivity contribution >= 4 is 11.8 Å². The second kappa shape index (κ2) is 10.4. The Morgan fingerprint density at radius 2 is 1.61 bits per heavy atom. The molecule has 2 amide bonds. The average Bonchev–Trinajstić information content (AvgIpc) is 2.88. The lowest BCUT2D eigenvalue weighted by Gasteiger charge is -2.41. The third-order valence-electron chi connectivity index (χ3n) is 6.79. The van der Waals surface area contributed by atoms with Gasteiger partial charge in [0.15, 0.2) is 0 Å². The molecule has 5 nitrogen and oxygen atoms in total. The number of amides is 2. The minimum atomic E-state index is -0.520. The van der Waals surface area contributed by atoms with Crippen molar-refractivity contribution in [2.24, 2.45) is 5.41 Å². The van der Waals surface area contributed by atoms with Crippen molar-refractivity contribution in [3.05, 3.63) is 90.3 Å². The van der Waals surface area contributed by atoms with Crippen molar-refractivity contribution in [2.45, 2.75) is 32.1 Å². The maximum absolute atomic E-state index is 13.1. The summed E-state index contributed by atoms with van der Waals surface area (Å²) >= 11 is 0. The number of carbonyl (C=O) groups is 2. The van der Waals surface area contributed by atoms with Gasteiger partial charge < -0.3 is 10.2 Å². The van der Waals surface area contributed by atoms with Gasteiger partial charge in [0, 0.05) is 39.0 Å². The summed E-state index contributed by atoms with van der Waals surface area (Å²) in [4.78, 5) is 32.0. The molecule has 0 saturated carbocycles. The molecule has 0 radical (unpaired) electrons. The monoisotopic (exact) mass is 441 g/mol. The summed E-state index contributed by atoms with van der Waals surface area (Å²) in [6.07, 6.45) is 6.80. The number of likely N-dealkylation sites (tertiary alicyclic amines) is 1. The third-order valence-corrected chi connectivity index (χ3v) is 6.79. The Morgan fingerprint density at radius 3 is 2.30 bits per heavy atom. The molecule has 0 spiro atoms. The topological polar surface area (TPSA) is 62.3 Å². The zero-order valence-electron chi connectivity index (χ0n) is 19.2. The van der Waals surface area contributed by atoms with E-state index >= 15 is 0 Å². The van der Waals surface area contributed by atoms with Gasteiger partial charge in [0.1, 0.15) is 0 Å². The highest BCUT2D eigenvalue weighted by atomic mass is 16.2. The Kier molecular flexibility index (Phi) is 7.18. The number of benzene rings is 2. The number of hydrogen-bond donors (Lipinski definition) is 1. The van der Waals surface area contributed by atoms with Gasteiger partial charge in [-0.1, -0.05) is 54.6 Å². The van der Waals surface area contributed by atoms with E-state index < -0.39 is 5.41 Å². The summed E-state index contributed by atoms with van der Waals surface area (Å²) in [6, 6.07) is 22.4. The van der Waals surface area contributed by atoms with Crippen LogP contribution in [0, 0.1) is 5.41 Å². The average molecular weight is 442 g/mol. The fraction of sp³-hybridized carbons (Fsp3) is 0.321. The predicted octanol–water partition coefficient (Wildman–Crippen LogP) is 4.28. The van der Waals surface area contributed by atoms with Crippen molar-refractivity contribution in [2.75, 3.05) is 20.1 Å². The van der Waals surface area contributed by atoms with E-state index in [1.165, 1.54) is 5.56 Å². The molecule has 2 aromatic carbocycles. The molecule has 1 aliphatic heterocycles. The SMILES string of the molecule is CNC(=O)C1(Cc2ccccc2-c2ccncc2)CCN(C(=O)CCc2ccccc2)CC1. The van der Waals surface area contributed by atoms with Crippen LogP contribution in [0.15, 0.2) is 79.1 Å². The van der Waals surface area contributed by atoms with Crippen LogP contribution in [0.25, 0.3) is 11.1 Å². The molecule has 1 aliphatic rings. The second-order valence-electron chi connectivity index (χ2n) is 8.80. The van der Waals surface area contributed by atoms with E-state index in [0.29, 0.717) is 38.8 Å². The van der Waals surface area contributed by atoms with Gasteiger partial charge in [-0.05, 0) is 60.1 Å². The first-order chi connectivity index (χ1) is 16.1. The standard InChI is InChI=1S/C28H31N3O2/c1-29-27(33)28(21-24-9-5-6-10-25(24)23-13-17-30-18-14-23)15-19-31(20-16-28)26(32)12-11-22-7-3-2-4-8-22/h2-10,13-14,17-18H,11-12,15-16,19-21H2,1H3,(H,29,33). The maximum atomic E-state index is 13.1. The minimum absolute atomic E-state index is 0.0587. The van der Waals surface area contributed by atoms with Crippen LogP contribution in [0.1, 0.15) is 30.4 Å². The number of aryl methyl sites for hydroxylation is 1. The Labute approximate surface area is 195 Å². The minimum Gasteiger partial charge on any atom is -0.359 e. The van der Waals surface area contributed by atoms with E-state index in [1.807, 2.05) is 47.4 Å². The van der Waals surface area contributed by atoms with Crippen molar-refractivity contribution in [3.8, 4) is 11.1 Å². The van der Waals surface area contributed by atoms with E-state index in [4.69, 9.17) is 0 Å². The molecule has 1 saturated heterocycles. The Bertz CT molecular complexity index is 1070. The molecule has 4 rings (SSSR count). The molecule has 33 heavy (non-hydrogen) atoms. The number of aromatic nitrogens is 1. The van der Waals surface area contributed by atoms with Crippen LogP contribution in [-0.4, -0.2) is 41.8 Å². The molecule has 170 valence electrons. The summed E-state index contributed by atoms with van der Waals surface area (Å²) in [5, 5.41) is 2.89. The smallest absolute Gasteiger partial charge is 0.226 e. The molecule has 1 aromatic heterocycles. The molecule has 1 N–H and O–H groups in total. The third kappa shape index (κ3) is 5.30. The van der Waals surface area contributed by atoms with Gasteiger partial charge in [-0.2, -0.15) is 0 Å². The number of piperidine rings is 1. The first-order valence-corrected chi connectivity index (χ1v) is 11.6. The summed E-state index contributed by atoms with van der Waals surface area (Å²) in [5.74, 6) is 0.227. The van der Waals surface area contributed by atoms with E-state index in [1.54, 1.807) is 19.4 Å². The number of hydrogen-bond acceptors (Lipinski definition) is 3. The summed E-state index contributed by atoms with van der Waals surface area (Å²) in [5.41, 5.74) is 4.03. The van der Waals surface area contributed by atoms with Crippen molar-refractivity contribution < 1.29 is 9.59 Å². The van der Waals surface area contributed by atoms with Crippen LogP contribution >= 0.6 is 0 Å². The van der Waals surface area contributed by atoms with E-state index in [-0.39, 0.29) is 11.8 Å². The quantitative estimate of drug-likeness (QED) is 0.595. The molecule has 1 fully saturated rings. The molecule has 2 heterocycles. The zero-order chi connectivity index (χ0) is 23.1. The lowest BCUT2D eigenvalue weighted by atomic mass is 9.72. The van der Waals surface area contributed by atoms with E-state index in [9.17, 15) is 9.59 Å². The molecular formula is C28H31N3O2. The summed E-state index contributed by atoms with van der Waals surface area (Å²) in [6.45, 7) is 1.22. The normalized spacial score (nSPS) is 15.1. The molecule has 5 heteroatoms. The number of rotatable bonds is 7. The van der Waals surface area contributed by atoms with Gasteiger partial charge in [0.05, 0.1) is 5.41 Å². The number of pyridine rings is 1. The van der Waals surface area contributed by atoms with Crippen LogP contribution in [0.3, 0.4) is 0 Å². The Hall–Kier alpha value is -3.47. The molecule has 0 unspecified atom stereocenters. The summed E-state index contributed by atoms with van der Waals surface area (Å²) in [7, 11) is 1.70. The number of nitrogens with one attached hydrogen (secondary N) is 1. The molecule has 0 aliphatic carbocycles. The predicted molar refractivity (Wildman–Crippen MR) is 130 cm³/mol. The Morgan fingerprint density at radius 1 is 0.939 bits per heavy atom. The molecular weight excluding hydrogens is 410 g/mol. The van der Waals surface area contributed by atoms with Gasteiger partial charge >= 0.3 is 0 Å². The number of nitrogens with zero attached hydrogens (tertiary/aromatic N) is 2. The second-order valence-corrected chi connectivity index (χ2v) is 8.80. The van der Waals surface area contributed by atoms with Gasteiger partial charge in [-0.3, -0.25) is 14.6 Å². The molecule has 0 bridgehead atoms. The van der Waals surface area contributed by atoms with Crippen molar-refractivity contribution in [3.63, 3.8) is 0 Å². The van der Waals surface area contributed by atoms with Gasteiger partial charge in [0.2, 0.25) is 11.8 Å². The zero-order valence-corrected chi connectivity index (χ0v) is 19.2. The highest BCUT2D eigenvalue weighted by Gasteiger charge is 2.42. The highest BCUT2D eigenvalue weighted by molar-refractivity contribution is 5.84. The lowest BCUT2D eigenvalue weighted by molar-refractivity contribution is -0.140. The molecule has 0 atom stereocenters.